The summed E-state index contributed by atoms with van der Waals surface area (Å²) in [6, 6.07) is 0. The minimum Gasteiger partial charge on any atom is -0.507 e. The molecule has 0 heterocycles. The summed E-state index contributed by atoms with van der Waals surface area (Å²) in [6.45, 7) is 5.48. The highest BCUT2D eigenvalue weighted by atomic mass is 16.4. The summed E-state index contributed by atoms with van der Waals surface area (Å²) in [7, 11) is 0. The van der Waals surface area contributed by atoms with E-state index in [2.05, 4.69) is 0 Å². The van der Waals surface area contributed by atoms with Crippen LogP contribution in [-0.2, 0) is 17.6 Å². The second-order valence-electron chi connectivity index (χ2n) is 5.24. The van der Waals surface area contributed by atoms with Crippen molar-refractivity contribution in [2.75, 3.05) is 0 Å². The maximum atomic E-state index is 11.2. The monoisotopic (exact) mass is 248 g/mol. The molecule has 0 aromatic heterocycles. The molecular weight excluding hydrogens is 228 g/mol. The van der Waals surface area contributed by atoms with Crippen molar-refractivity contribution in [2.45, 2.75) is 52.4 Å². The van der Waals surface area contributed by atoms with Crippen LogP contribution in [0.15, 0.2) is 0 Å². The van der Waals surface area contributed by atoms with Gasteiger partial charge in [-0.1, -0.05) is 0 Å². The highest BCUT2D eigenvalue weighted by Gasteiger charge is 2.26. The zero-order valence-electron chi connectivity index (χ0n) is 11.2. The van der Waals surface area contributed by atoms with E-state index in [1.807, 2.05) is 13.8 Å². The second kappa shape index (κ2) is 4.63. The van der Waals surface area contributed by atoms with Gasteiger partial charge in [0, 0.05) is 5.56 Å². The van der Waals surface area contributed by atoms with Crippen LogP contribution in [0.25, 0.3) is 0 Å². The van der Waals surface area contributed by atoms with Gasteiger partial charge in [0.25, 0.3) is 0 Å². The van der Waals surface area contributed by atoms with Gasteiger partial charge in [-0.2, -0.15) is 0 Å². The van der Waals surface area contributed by atoms with Crippen molar-refractivity contribution in [2.24, 2.45) is 0 Å². The predicted molar refractivity (Wildman–Crippen MR) is 70.3 cm³/mol. The predicted octanol–water partition coefficient (Wildman–Crippen LogP) is 3.08. The molecule has 0 aliphatic heterocycles. The zero-order valence-corrected chi connectivity index (χ0v) is 11.2. The zero-order chi connectivity index (χ0) is 13.4. The molecule has 18 heavy (non-hydrogen) atoms. The molecule has 1 atom stereocenters. The molecule has 3 nitrogen and oxygen atoms in total. The number of phenolic OH excluding ortho intramolecular Hbond substituents is 1. The largest absolute Gasteiger partial charge is 0.507 e. The standard InChI is InChI=1S/C15H20O3/c1-8-11-6-4-5-7-12(11)9(2)14(16)13(8)10(3)15(17)18/h10,16H,4-7H2,1-3H3,(H,17,18). The van der Waals surface area contributed by atoms with E-state index >= 15 is 0 Å². The van der Waals surface area contributed by atoms with Gasteiger partial charge in [0.1, 0.15) is 5.75 Å². The van der Waals surface area contributed by atoms with E-state index in [9.17, 15) is 9.90 Å². The van der Waals surface area contributed by atoms with Crippen molar-refractivity contribution in [3.05, 3.63) is 27.8 Å². The van der Waals surface area contributed by atoms with Crippen molar-refractivity contribution >= 4 is 5.97 Å². The van der Waals surface area contributed by atoms with Crippen LogP contribution in [0.1, 0.15) is 53.5 Å². The molecule has 1 aromatic carbocycles. The van der Waals surface area contributed by atoms with Crippen molar-refractivity contribution in [1.29, 1.82) is 0 Å². The lowest BCUT2D eigenvalue weighted by atomic mass is 9.80. The summed E-state index contributed by atoms with van der Waals surface area (Å²) < 4.78 is 0. The summed E-state index contributed by atoms with van der Waals surface area (Å²) >= 11 is 0. The number of carbonyl (C=O) groups is 1. The Bertz CT molecular complexity index is 503. The lowest BCUT2D eigenvalue weighted by Gasteiger charge is -2.25. The SMILES string of the molecule is Cc1c(O)c(C(C)C(=O)O)c(C)c2c1CCCC2. The second-order valence-corrected chi connectivity index (χ2v) is 5.24. The first kappa shape index (κ1) is 12.9. The molecule has 98 valence electrons. The highest BCUT2D eigenvalue weighted by molar-refractivity contribution is 5.78. The molecule has 0 saturated carbocycles. The van der Waals surface area contributed by atoms with Gasteiger partial charge >= 0.3 is 5.97 Å². The first-order valence-electron chi connectivity index (χ1n) is 6.51. The third-order valence-electron chi connectivity index (χ3n) is 4.19. The third-order valence-corrected chi connectivity index (χ3v) is 4.19. The van der Waals surface area contributed by atoms with Crippen LogP contribution in [0.2, 0.25) is 0 Å². The normalized spacial score (nSPS) is 16.2. The van der Waals surface area contributed by atoms with Crippen LogP contribution in [-0.4, -0.2) is 16.2 Å². The van der Waals surface area contributed by atoms with Crippen LogP contribution in [0.3, 0.4) is 0 Å². The highest BCUT2D eigenvalue weighted by Crippen LogP contribution is 2.40. The van der Waals surface area contributed by atoms with E-state index in [4.69, 9.17) is 5.11 Å². The Morgan fingerprint density at radius 2 is 1.61 bits per heavy atom. The van der Waals surface area contributed by atoms with Crippen molar-refractivity contribution < 1.29 is 15.0 Å². The van der Waals surface area contributed by atoms with Gasteiger partial charge in [0.2, 0.25) is 0 Å². The summed E-state index contributed by atoms with van der Waals surface area (Å²) in [6.07, 6.45) is 4.30. The Morgan fingerprint density at radius 1 is 1.11 bits per heavy atom. The van der Waals surface area contributed by atoms with E-state index in [0.717, 1.165) is 36.8 Å². The molecule has 1 aliphatic rings. The molecular formula is C15H20O3. The third kappa shape index (κ3) is 1.88. The number of carboxylic acids is 1. The fourth-order valence-electron chi connectivity index (χ4n) is 3.07. The van der Waals surface area contributed by atoms with Gasteiger partial charge in [-0.25, -0.2) is 0 Å². The van der Waals surface area contributed by atoms with Crippen molar-refractivity contribution in [3.63, 3.8) is 0 Å². The summed E-state index contributed by atoms with van der Waals surface area (Å²) in [4.78, 5) is 11.2. The summed E-state index contributed by atoms with van der Waals surface area (Å²) in [5.41, 5.74) is 4.94. The van der Waals surface area contributed by atoms with E-state index in [1.54, 1.807) is 6.92 Å². The maximum Gasteiger partial charge on any atom is 0.310 e. The number of fused-ring (bicyclic) bond motifs is 1. The smallest absolute Gasteiger partial charge is 0.310 e. The Balaban J connectivity index is 2.68. The van der Waals surface area contributed by atoms with Gasteiger partial charge in [-0.05, 0) is 68.7 Å². The molecule has 1 aromatic rings. The summed E-state index contributed by atoms with van der Waals surface area (Å²) in [5, 5.41) is 19.5. The fourth-order valence-corrected chi connectivity index (χ4v) is 3.07. The number of benzene rings is 1. The molecule has 0 spiro atoms. The van der Waals surface area contributed by atoms with Gasteiger partial charge in [0.15, 0.2) is 0 Å². The first-order chi connectivity index (χ1) is 8.45. The Kier molecular flexibility index (Phi) is 3.33. The Hall–Kier alpha value is -1.51. The molecule has 1 unspecified atom stereocenters. The average molecular weight is 248 g/mol. The van der Waals surface area contributed by atoms with E-state index in [0.29, 0.717) is 5.56 Å². The maximum absolute atomic E-state index is 11.2. The topological polar surface area (TPSA) is 57.5 Å². The number of rotatable bonds is 2. The first-order valence-corrected chi connectivity index (χ1v) is 6.51. The number of hydrogen-bond donors (Lipinski definition) is 2. The Labute approximate surface area is 107 Å². The van der Waals surface area contributed by atoms with Gasteiger partial charge < -0.3 is 10.2 Å². The number of aromatic hydroxyl groups is 1. The quantitative estimate of drug-likeness (QED) is 0.845. The van der Waals surface area contributed by atoms with Crippen LogP contribution in [0.4, 0.5) is 0 Å². The molecule has 0 amide bonds. The van der Waals surface area contributed by atoms with Crippen LogP contribution in [0.5, 0.6) is 5.75 Å². The van der Waals surface area contributed by atoms with Crippen molar-refractivity contribution in [1.82, 2.24) is 0 Å². The minimum absolute atomic E-state index is 0.183. The number of hydrogen-bond acceptors (Lipinski definition) is 2. The van der Waals surface area contributed by atoms with Gasteiger partial charge in [-0.3, -0.25) is 4.79 Å². The lowest BCUT2D eigenvalue weighted by molar-refractivity contribution is -0.138. The molecule has 3 heteroatoms. The molecule has 2 rings (SSSR count). The van der Waals surface area contributed by atoms with Crippen LogP contribution in [0, 0.1) is 13.8 Å². The lowest BCUT2D eigenvalue weighted by Crippen LogP contribution is -2.15. The van der Waals surface area contributed by atoms with Crippen LogP contribution >= 0.6 is 0 Å². The minimum atomic E-state index is -0.886. The molecule has 1 aliphatic carbocycles. The van der Waals surface area contributed by atoms with E-state index in [-0.39, 0.29) is 5.75 Å². The number of phenols is 1. The molecule has 0 radical (unpaired) electrons. The molecule has 0 saturated heterocycles. The molecule has 0 fully saturated rings. The number of aliphatic carboxylic acids is 1. The van der Waals surface area contributed by atoms with E-state index < -0.39 is 11.9 Å². The molecule has 2 N–H and O–H groups in total. The van der Waals surface area contributed by atoms with Crippen LogP contribution < -0.4 is 0 Å². The van der Waals surface area contributed by atoms with Gasteiger partial charge in [0.05, 0.1) is 5.92 Å². The molecule has 0 bridgehead atoms. The van der Waals surface area contributed by atoms with Gasteiger partial charge in [-0.15, -0.1) is 0 Å². The fraction of sp³-hybridized carbons (Fsp3) is 0.533. The Morgan fingerprint density at radius 3 is 2.11 bits per heavy atom. The van der Waals surface area contributed by atoms with E-state index in [1.165, 1.54) is 11.1 Å². The average Bonchev–Trinajstić information content (AvgIpc) is 2.36. The summed E-state index contributed by atoms with van der Waals surface area (Å²) in [5.74, 6) is -1.36. The number of carboxylic acid groups (broad SMARTS) is 1. The van der Waals surface area contributed by atoms with Crippen molar-refractivity contribution in [3.8, 4) is 5.75 Å².